The summed E-state index contributed by atoms with van der Waals surface area (Å²) in [7, 11) is 2.16. The molecule has 3 aliphatic rings. The maximum Gasteiger partial charge on any atom is 0.430 e. The van der Waals surface area contributed by atoms with E-state index in [1.165, 1.54) is 55.3 Å². The van der Waals surface area contributed by atoms with Gasteiger partial charge in [0.1, 0.15) is 11.9 Å². The summed E-state index contributed by atoms with van der Waals surface area (Å²) in [5.41, 5.74) is -5.65. The number of hydrogen-bond donors (Lipinski definition) is 1. The molecule has 6 rings (SSSR count). The monoisotopic (exact) mass is 770 g/mol. The number of alkyl halides is 9. The number of carbonyl (C=O) groups is 2. The molecule has 7 nitrogen and oxygen atoms in total. The van der Waals surface area contributed by atoms with Gasteiger partial charge in [-0.1, -0.05) is 30.3 Å². The van der Waals surface area contributed by atoms with E-state index in [1.807, 2.05) is 0 Å². The molecule has 3 aromatic carbocycles. The van der Waals surface area contributed by atoms with Gasteiger partial charge in [0.15, 0.2) is 0 Å². The molecule has 0 aromatic heterocycles. The third kappa shape index (κ3) is 7.23. The average molecular weight is 771 g/mol. The first-order valence-corrected chi connectivity index (χ1v) is 16.9. The minimum atomic E-state index is -5.17. The van der Waals surface area contributed by atoms with Crippen LogP contribution in [0.15, 0.2) is 72.3 Å². The Labute approximate surface area is 304 Å². The first-order valence-electron chi connectivity index (χ1n) is 16.9. The largest absolute Gasteiger partial charge is 0.496 e. The molecule has 16 heteroatoms. The standard InChI is InChI=1S/C38H35F9N2O5/c1-21-31(22-15-25(36(39,40)41)17-26(16-22)37(42,43)44)54-33(51)49(21)20-23-19-34(13-14-34)12-11-28(23)29-18-27(9-10-30(29)52-2)48-32(50)35(53-3,38(45,46)47)24-7-5-4-6-8-24/h4-10,15-18,21,31H,11-14,19-20H2,1-3H3,(H,48,50)/t21-,31-,35+/m0/s1. The normalized spacial score (nSPS) is 21.2. The van der Waals surface area contributed by atoms with Crippen molar-refractivity contribution >= 4 is 23.3 Å². The van der Waals surface area contributed by atoms with Gasteiger partial charge in [-0.3, -0.25) is 9.69 Å². The first kappa shape index (κ1) is 39.0. The molecule has 0 radical (unpaired) electrons. The van der Waals surface area contributed by atoms with Gasteiger partial charge in [-0.25, -0.2) is 4.79 Å². The van der Waals surface area contributed by atoms with Crippen LogP contribution in [0.5, 0.6) is 5.75 Å². The van der Waals surface area contributed by atoms with Crippen molar-refractivity contribution in [3.63, 3.8) is 0 Å². The average Bonchev–Trinajstić information content (AvgIpc) is 3.79. The van der Waals surface area contributed by atoms with E-state index < -0.39 is 70.5 Å². The van der Waals surface area contributed by atoms with Gasteiger partial charge < -0.3 is 19.5 Å². The summed E-state index contributed by atoms with van der Waals surface area (Å²) in [6.45, 7) is 1.36. The minimum Gasteiger partial charge on any atom is -0.496 e. The molecule has 2 amide bonds. The number of halogens is 9. The number of methoxy groups -OCH3 is 2. The van der Waals surface area contributed by atoms with Gasteiger partial charge in [0.05, 0.1) is 24.3 Å². The molecule has 0 unspecified atom stereocenters. The predicted molar refractivity (Wildman–Crippen MR) is 177 cm³/mol. The molecule has 1 N–H and O–H groups in total. The fraction of sp³-hybridized carbons (Fsp3) is 0.421. The second kappa shape index (κ2) is 13.8. The number of ether oxygens (including phenoxy) is 3. The van der Waals surface area contributed by atoms with Gasteiger partial charge in [0.2, 0.25) is 0 Å². The molecule has 3 atom stereocenters. The van der Waals surface area contributed by atoms with Gasteiger partial charge in [-0.15, -0.1) is 0 Å². The van der Waals surface area contributed by atoms with Crippen molar-refractivity contribution in [2.75, 3.05) is 26.1 Å². The number of nitrogens with zero attached hydrogens (tertiary/aromatic N) is 1. The fourth-order valence-corrected chi connectivity index (χ4v) is 7.47. The quantitative estimate of drug-likeness (QED) is 0.219. The summed E-state index contributed by atoms with van der Waals surface area (Å²) in [5, 5.41) is 2.35. The van der Waals surface area contributed by atoms with Crippen LogP contribution in [0.4, 0.5) is 50.0 Å². The van der Waals surface area contributed by atoms with Gasteiger partial charge in [-0.2, -0.15) is 39.5 Å². The SMILES string of the molecule is COc1ccc(NC(=O)[C@](OC)(c2ccccc2)C(F)(F)F)cc1C1=C(CN2C(=O)O[C@H](c3cc(C(F)(F)F)cc(C(F)(F)F)c3)[C@@H]2C)CC2(CC1)CC2. The lowest BCUT2D eigenvalue weighted by Crippen LogP contribution is -2.53. The Hall–Kier alpha value is -4.73. The molecule has 1 saturated heterocycles. The summed E-state index contributed by atoms with van der Waals surface area (Å²) in [5.74, 6) is -1.19. The van der Waals surface area contributed by atoms with Crippen LogP contribution in [0.25, 0.3) is 5.57 Å². The van der Waals surface area contributed by atoms with Crippen molar-refractivity contribution in [2.24, 2.45) is 5.41 Å². The van der Waals surface area contributed by atoms with E-state index >= 15 is 0 Å². The lowest BCUT2D eigenvalue weighted by Gasteiger charge is -2.33. The van der Waals surface area contributed by atoms with E-state index in [1.54, 1.807) is 0 Å². The van der Waals surface area contributed by atoms with Gasteiger partial charge in [-0.05, 0) is 97.6 Å². The lowest BCUT2D eigenvalue weighted by molar-refractivity contribution is -0.263. The number of cyclic esters (lactones) is 1. The zero-order valence-corrected chi connectivity index (χ0v) is 29.1. The maximum absolute atomic E-state index is 14.6. The van der Waals surface area contributed by atoms with E-state index in [-0.39, 0.29) is 23.7 Å². The Morgan fingerprint density at radius 1 is 0.870 bits per heavy atom. The first-order chi connectivity index (χ1) is 25.2. The Morgan fingerprint density at radius 2 is 1.50 bits per heavy atom. The van der Waals surface area contributed by atoms with Crippen LogP contribution < -0.4 is 10.1 Å². The van der Waals surface area contributed by atoms with Crippen molar-refractivity contribution in [2.45, 2.75) is 75.3 Å². The second-order valence-corrected chi connectivity index (χ2v) is 13.9. The highest BCUT2D eigenvalue weighted by atomic mass is 19.4. The fourth-order valence-electron chi connectivity index (χ4n) is 7.47. The topological polar surface area (TPSA) is 77.1 Å². The van der Waals surface area contributed by atoms with Crippen LogP contribution in [0.3, 0.4) is 0 Å². The summed E-state index contributed by atoms with van der Waals surface area (Å²) < 4.78 is 142. The van der Waals surface area contributed by atoms with Crippen LogP contribution in [-0.2, 0) is 32.2 Å². The zero-order chi connectivity index (χ0) is 39.4. The number of nitrogens with one attached hydrogen (secondary N) is 1. The predicted octanol–water partition coefficient (Wildman–Crippen LogP) is 10.1. The molecule has 3 aromatic rings. The summed E-state index contributed by atoms with van der Waals surface area (Å²) in [6, 6.07) is 10.8. The van der Waals surface area contributed by atoms with Crippen LogP contribution in [0, 0.1) is 5.41 Å². The van der Waals surface area contributed by atoms with Gasteiger partial charge in [0.25, 0.3) is 11.5 Å². The van der Waals surface area contributed by atoms with E-state index in [4.69, 9.17) is 14.2 Å². The Morgan fingerprint density at radius 3 is 2.04 bits per heavy atom. The van der Waals surface area contributed by atoms with Crippen molar-refractivity contribution in [1.82, 2.24) is 4.90 Å². The molecule has 1 heterocycles. The minimum absolute atomic E-state index is 0.000869. The van der Waals surface area contributed by atoms with Crippen LogP contribution in [0.2, 0.25) is 0 Å². The molecule has 1 saturated carbocycles. The highest BCUT2D eigenvalue weighted by Crippen LogP contribution is 2.59. The Balaban J connectivity index is 1.35. The zero-order valence-electron chi connectivity index (χ0n) is 29.1. The molecule has 1 spiro atoms. The maximum atomic E-state index is 14.6. The third-order valence-electron chi connectivity index (χ3n) is 10.6. The number of anilines is 1. The van der Waals surface area contributed by atoms with Crippen LogP contribution in [0.1, 0.15) is 72.9 Å². The van der Waals surface area contributed by atoms with Crippen molar-refractivity contribution in [1.29, 1.82) is 0 Å². The number of hydrogen-bond acceptors (Lipinski definition) is 5. The Bertz CT molecular complexity index is 1920. The highest BCUT2D eigenvalue weighted by Gasteiger charge is 2.62. The van der Waals surface area contributed by atoms with Gasteiger partial charge in [0, 0.05) is 30.5 Å². The highest BCUT2D eigenvalue weighted by molar-refractivity contribution is 5.99. The van der Waals surface area contributed by atoms with E-state index in [9.17, 15) is 49.1 Å². The summed E-state index contributed by atoms with van der Waals surface area (Å²) in [6.07, 6.45) is -14.3. The molecule has 54 heavy (non-hydrogen) atoms. The summed E-state index contributed by atoms with van der Waals surface area (Å²) in [4.78, 5) is 28.1. The molecule has 2 fully saturated rings. The number of benzene rings is 3. The van der Waals surface area contributed by atoms with Crippen molar-refractivity contribution in [3.8, 4) is 5.75 Å². The third-order valence-corrected chi connectivity index (χ3v) is 10.6. The molecule has 1 aliphatic heterocycles. The van der Waals surface area contributed by atoms with E-state index in [0.717, 1.165) is 38.5 Å². The van der Waals surface area contributed by atoms with E-state index in [0.29, 0.717) is 47.4 Å². The van der Waals surface area contributed by atoms with Crippen molar-refractivity contribution < 1.29 is 63.3 Å². The van der Waals surface area contributed by atoms with Crippen LogP contribution in [-0.4, -0.2) is 49.9 Å². The molecule has 0 bridgehead atoms. The number of carbonyl (C=O) groups excluding carboxylic acids is 2. The smallest absolute Gasteiger partial charge is 0.430 e. The van der Waals surface area contributed by atoms with Crippen molar-refractivity contribution in [3.05, 3.63) is 100 Å². The molecular weight excluding hydrogens is 735 g/mol. The second-order valence-electron chi connectivity index (χ2n) is 13.9. The number of allylic oxidation sites excluding steroid dienone is 1. The van der Waals surface area contributed by atoms with Gasteiger partial charge >= 0.3 is 24.6 Å². The molecule has 290 valence electrons. The number of amides is 2. The Kier molecular flexibility index (Phi) is 9.99. The molecular formula is C38H35F9N2O5. The lowest BCUT2D eigenvalue weighted by atomic mass is 9.78. The summed E-state index contributed by atoms with van der Waals surface area (Å²) >= 11 is 0. The molecule has 2 aliphatic carbocycles. The number of rotatable bonds is 9. The van der Waals surface area contributed by atoms with E-state index in [2.05, 4.69) is 5.32 Å². The van der Waals surface area contributed by atoms with Crippen LogP contribution >= 0.6 is 0 Å².